The lowest BCUT2D eigenvalue weighted by Crippen LogP contribution is -2.31. The van der Waals surface area contributed by atoms with E-state index in [2.05, 4.69) is 4.98 Å². The molecule has 21 heavy (non-hydrogen) atoms. The van der Waals surface area contributed by atoms with Crippen LogP contribution in [0.15, 0.2) is 17.2 Å². The lowest BCUT2D eigenvalue weighted by Gasteiger charge is -2.16. The summed E-state index contributed by atoms with van der Waals surface area (Å²) in [4.78, 5) is 30.8. The summed E-state index contributed by atoms with van der Waals surface area (Å²) in [5, 5.41) is 0.584. The Morgan fingerprint density at radius 3 is 2.81 bits per heavy atom. The van der Waals surface area contributed by atoms with E-state index >= 15 is 0 Å². The summed E-state index contributed by atoms with van der Waals surface area (Å²) in [5.41, 5.74) is -0.170. The molecule has 0 amide bonds. The predicted molar refractivity (Wildman–Crippen MR) is 83.8 cm³/mol. The van der Waals surface area contributed by atoms with E-state index in [1.165, 1.54) is 22.2 Å². The fraction of sp³-hybridized carbons (Fsp3) is 0.533. The SMILES string of the molecule is CCCOC(=O)[C@@H](CC)n1cnc2sc(CC)cc2c1=O. The average Bonchev–Trinajstić information content (AvgIpc) is 2.92. The van der Waals surface area contributed by atoms with Crippen LogP contribution in [0.4, 0.5) is 0 Å². The smallest absolute Gasteiger partial charge is 0.329 e. The van der Waals surface area contributed by atoms with Crippen LogP contribution < -0.4 is 5.56 Å². The maximum Gasteiger partial charge on any atom is 0.329 e. The highest BCUT2D eigenvalue weighted by Crippen LogP contribution is 2.22. The molecular weight excluding hydrogens is 288 g/mol. The number of carbonyl (C=O) groups is 1. The molecule has 2 rings (SSSR count). The fourth-order valence-electron chi connectivity index (χ4n) is 2.16. The van der Waals surface area contributed by atoms with Crippen molar-refractivity contribution in [2.75, 3.05) is 6.61 Å². The predicted octanol–water partition coefficient (Wildman–Crippen LogP) is 2.92. The molecule has 0 aliphatic rings. The third-order valence-electron chi connectivity index (χ3n) is 3.32. The van der Waals surface area contributed by atoms with Gasteiger partial charge in [0, 0.05) is 4.88 Å². The highest BCUT2D eigenvalue weighted by atomic mass is 32.1. The molecule has 0 unspecified atom stereocenters. The van der Waals surface area contributed by atoms with Gasteiger partial charge in [-0.1, -0.05) is 20.8 Å². The van der Waals surface area contributed by atoms with Crippen molar-refractivity contribution < 1.29 is 9.53 Å². The lowest BCUT2D eigenvalue weighted by molar-refractivity contribution is -0.147. The third kappa shape index (κ3) is 3.15. The van der Waals surface area contributed by atoms with Crippen LogP contribution in [-0.4, -0.2) is 22.1 Å². The summed E-state index contributed by atoms with van der Waals surface area (Å²) in [6, 6.07) is 1.27. The summed E-state index contributed by atoms with van der Waals surface area (Å²) < 4.78 is 6.56. The minimum atomic E-state index is -0.606. The van der Waals surface area contributed by atoms with Gasteiger partial charge in [0.2, 0.25) is 0 Å². The first kappa shape index (κ1) is 15.7. The van der Waals surface area contributed by atoms with E-state index in [9.17, 15) is 9.59 Å². The van der Waals surface area contributed by atoms with Crippen molar-refractivity contribution in [1.29, 1.82) is 0 Å². The second kappa shape index (κ2) is 6.85. The normalized spacial score (nSPS) is 12.5. The third-order valence-corrected chi connectivity index (χ3v) is 4.51. The van der Waals surface area contributed by atoms with Crippen molar-refractivity contribution in [3.05, 3.63) is 27.6 Å². The zero-order valence-corrected chi connectivity index (χ0v) is 13.4. The van der Waals surface area contributed by atoms with Crippen molar-refractivity contribution in [3.8, 4) is 0 Å². The highest BCUT2D eigenvalue weighted by molar-refractivity contribution is 7.18. The molecule has 5 nitrogen and oxygen atoms in total. The van der Waals surface area contributed by atoms with Crippen molar-refractivity contribution in [1.82, 2.24) is 9.55 Å². The molecule has 2 heterocycles. The Morgan fingerprint density at radius 2 is 2.19 bits per heavy atom. The number of carbonyl (C=O) groups excluding carboxylic acids is 1. The molecule has 0 bridgehead atoms. The number of esters is 1. The molecule has 2 aromatic heterocycles. The standard InChI is InChI=1S/C15H20N2O3S/c1-4-7-20-15(19)12(6-3)17-9-16-13-11(14(17)18)8-10(5-2)21-13/h8-9,12H,4-7H2,1-3H3/t12-/m1/s1. The minimum absolute atomic E-state index is 0.170. The topological polar surface area (TPSA) is 61.2 Å². The number of hydrogen-bond donors (Lipinski definition) is 0. The first-order valence-electron chi connectivity index (χ1n) is 7.28. The molecule has 6 heteroatoms. The van der Waals surface area contributed by atoms with Crippen molar-refractivity contribution in [2.45, 2.75) is 46.1 Å². The summed E-state index contributed by atoms with van der Waals surface area (Å²) in [7, 11) is 0. The molecule has 0 aromatic carbocycles. The van der Waals surface area contributed by atoms with Crippen molar-refractivity contribution >= 4 is 27.5 Å². The van der Waals surface area contributed by atoms with Gasteiger partial charge >= 0.3 is 5.97 Å². The number of fused-ring (bicyclic) bond motifs is 1. The van der Waals surface area contributed by atoms with Gasteiger partial charge in [-0.05, 0) is 25.3 Å². The molecule has 0 saturated heterocycles. The highest BCUT2D eigenvalue weighted by Gasteiger charge is 2.22. The Kier molecular flexibility index (Phi) is 5.12. The van der Waals surface area contributed by atoms with Crippen LogP contribution in [0.25, 0.3) is 10.2 Å². The van der Waals surface area contributed by atoms with Gasteiger partial charge in [0.15, 0.2) is 0 Å². The number of aromatic nitrogens is 2. The maximum absolute atomic E-state index is 12.6. The van der Waals surface area contributed by atoms with Crippen molar-refractivity contribution in [2.24, 2.45) is 0 Å². The Morgan fingerprint density at radius 1 is 1.43 bits per heavy atom. The molecule has 0 N–H and O–H groups in total. The largest absolute Gasteiger partial charge is 0.464 e. The number of rotatable bonds is 6. The van der Waals surface area contributed by atoms with Gasteiger partial charge in [-0.15, -0.1) is 11.3 Å². The van der Waals surface area contributed by atoms with Gasteiger partial charge in [-0.25, -0.2) is 9.78 Å². The second-order valence-electron chi connectivity index (χ2n) is 4.83. The quantitative estimate of drug-likeness (QED) is 0.770. The van der Waals surface area contributed by atoms with E-state index in [0.29, 0.717) is 18.4 Å². The second-order valence-corrected chi connectivity index (χ2v) is 5.95. The Hall–Kier alpha value is -1.69. The van der Waals surface area contributed by atoms with Crippen LogP contribution >= 0.6 is 11.3 Å². The zero-order chi connectivity index (χ0) is 15.4. The summed E-state index contributed by atoms with van der Waals surface area (Å²) in [6.07, 6.45) is 3.59. The molecule has 0 aliphatic carbocycles. The molecule has 0 saturated carbocycles. The van der Waals surface area contributed by atoms with Gasteiger partial charge < -0.3 is 4.74 Å². The van der Waals surface area contributed by atoms with E-state index in [-0.39, 0.29) is 11.5 Å². The molecule has 0 radical (unpaired) electrons. The maximum atomic E-state index is 12.6. The van der Waals surface area contributed by atoms with Crippen LogP contribution in [0.5, 0.6) is 0 Å². The molecule has 0 aliphatic heterocycles. The minimum Gasteiger partial charge on any atom is -0.464 e. The first-order valence-corrected chi connectivity index (χ1v) is 8.10. The number of ether oxygens (including phenoxy) is 1. The van der Waals surface area contributed by atoms with Crippen molar-refractivity contribution in [3.63, 3.8) is 0 Å². The summed E-state index contributed by atoms with van der Waals surface area (Å²) >= 11 is 1.52. The molecule has 114 valence electrons. The van der Waals surface area contributed by atoms with Gasteiger partial charge in [0.05, 0.1) is 18.3 Å². The summed E-state index contributed by atoms with van der Waals surface area (Å²) in [5.74, 6) is -0.367. The van der Waals surface area contributed by atoms with Crippen LogP contribution in [0.3, 0.4) is 0 Å². The van der Waals surface area contributed by atoms with E-state index in [0.717, 1.165) is 22.5 Å². The summed E-state index contributed by atoms with van der Waals surface area (Å²) in [6.45, 7) is 6.21. The number of thiophene rings is 1. The van der Waals surface area contributed by atoms with Gasteiger partial charge in [-0.3, -0.25) is 9.36 Å². The Balaban J connectivity index is 2.42. The zero-order valence-electron chi connectivity index (χ0n) is 12.6. The van der Waals surface area contributed by atoms with Crippen LogP contribution in [0.1, 0.15) is 44.5 Å². The van der Waals surface area contributed by atoms with E-state index in [4.69, 9.17) is 4.74 Å². The van der Waals surface area contributed by atoms with Crippen LogP contribution in [0.2, 0.25) is 0 Å². The van der Waals surface area contributed by atoms with Gasteiger partial charge in [-0.2, -0.15) is 0 Å². The van der Waals surface area contributed by atoms with E-state index in [1.807, 2.05) is 26.8 Å². The average molecular weight is 308 g/mol. The van der Waals surface area contributed by atoms with Crippen LogP contribution in [-0.2, 0) is 16.0 Å². The van der Waals surface area contributed by atoms with Gasteiger partial charge in [0.25, 0.3) is 5.56 Å². The molecule has 1 atom stereocenters. The van der Waals surface area contributed by atoms with Crippen LogP contribution in [0, 0.1) is 0 Å². The van der Waals surface area contributed by atoms with E-state index in [1.54, 1.807) is 0 Å². The molecule has 0 fully saturated rings. The number of aryl methyl sites for hydroxylation is 1. The monoisotopic (exact) mass is 308 g/mol. The first-order chi connectivity index (χ1) is 10.1. The number of nitrogens with zero attached hydrogens (tertiary/aromatic N) is 2. The molecule has 2 aromatic rings. The van der Waals surface area contributed by atoms with Gasteiger partial charge in [0.1, 0.15) is 10.9 Å². The number of hydrogen-bond acceptors (Lipinski definition) is 5. The lowest BCUT2D eigenvalue weighted by atomic mass is 10.2. The fourth-order valence-corrected chi connectivity index (χ4v) is 3.08. The van der Waals surface area contributed by atoms with E-state index < -0.39 is 6.04 Å². The molecular formula is C15H20N2O3S. The Bertz CT molecular complexity index is 690. The molecule has 0 spiro atoms. The Labute approximate surface area is 127 Å².